The summed E-state index contributed by atoms with van der Waals surface area (Å²) in [5.41, 5.74) is 2.53. The molecular weight excluding hydrogens is 305 g/mol. The zero-order valence-corrected chi connectivity index (χ0v) is 10.5. The minimum atomic E-state index is -4.73. The predicted octanol–water partition coefficient (Wildman–Crippen LogP) is 0.549. The van der Waals surface area contributed by atoms with Gasteiger partial charge in [-0.25, -0.2) is 0 Å². The quantitative estimate of drug-likeness (QED) is 0.822. The van der Waals surface area contributed by atoms with Crippen molar-refractivity contribution >= 4 is 23.5 Å². The number of aromatic nitrogens is 1. The van der Waals surface area contributed by atoms with Gasteiger partial charge in [-0.2, -0.15) is 13.2 Å². The Balaban J connectivity index is 3.00. The molecule has 1 heterocycles. The number of halogens is 4. The van der Waals surface area contributed by atoms with Gasteiger partial charge in [0.1, 0.15) is 11.6 Å². The Morgan fingerprint density at radius 2 is 2.00 bits per heavy atom. The number of ether oxygens (including phenoxy) is 1. The van der Waals surface area contributed by atoms with E-state index in [9.17, 15) is 27.6 Å². The van der Waals surface area contributed by atoms with Crippen molar-refractivity contribution in [3.8, 4) is 0 Å². The van der Waals surface area contributed by atoms with Gasteiger partial charge in [0.15, 0.2) is 6.61 Å². The number of rotatable bonds is 4. The van der Waals surface area contributed by atoms with E-state index in [-0.39, 0.29) is 0 Å². The lowest BCUT2D eigenvalue weighted by Crippen LogP contribution is -2.29. The molecule has 1 amide bonds. The molecule has 0 saturated heterocycles. The van der Waals surface area contributed by atoms with Crippen molar-refractivity contribution in [3.63, 3.8) is 0 Å². The van der Waals surface area contributed by atoms with Crippen molar-refractivity contribution < 1.29 is 27.5 Å². The summed E-state index contributed by atoms with van der Waals surface area (Å²) in [4.78, 5) is 33.1. The fourth-order valence-corrected chi connectivity index (χ4v) is 1.43. The number of nitrogens with zero attached hydrogens (tertiary/aromatic N) is 1. The van der Waals surface area contributed by atoms with E-state index in [1.54, 1.807) is 0 Å². The average Bonchev–Trinajstić information content (AvgIpc) is 2.30. The van der Waals surface area contributed by atoms with Crippen molar-refractivity contribution in [1.29, 1.82) is 0 Å². The van der Waals surface area contributed by atoms with Gasteiger partial charge >= 0.3 is 12.1 Å². The van der Waals surface area contributed by atoms with Crippen molar-refractivity contribution in [1.82, 2.24) is 4.57 Å². The second kappa shape index (κ2) is 5.95. The van der Waals surface area contributed by atoms with Crippen LogP contribution in [0.1, 0.15) is 5.56 Å². The Morgan fingerprint density at radius 1 is 1.40 bits per heavy atom. The van der Waals surface area contributed by atoms with Gasteiger partial charge in [-0.1, -0.05) is 11.6 Å². The standard InChI is InChI=1S/C10H8ClF3N2O4/c11-6-1-5(10(12,13)14)2-16(9(6)19)3-8(18)20-4-7(15)17/h1-2H,3-4H2,(H2,15,17). The molecule has 0 radical (unpaired) electrons. The lowest BCUT2D eigenvalue weighted by Gasteiger charge is -2.11. The molecule has 0 aliphatic carbocycles. The van der Waals surface area contributed by atoms with E-state index in [0.29, 0.717) is 16.8 Å². The molecule has 0 bridgehead atoms. The molecule has 10 heteroatoms. The molecular formula is C10H8ClF3N2O4. The Morgan fingerprint density at radius 3 is 2.50 bits per heavy atom. The van der Waals surface area contributed by atoms with E-state index >= 15 is 0 Å². The molecule has 0 unspecified atom stereocenters. The number of nitrogens with two attached hydrogens (primary N) is 1. The molecule has 110 valence electrons. The van der Waals surface area contributed by atoms with E-state index in [1.807, 2.05) is 0 Å². The first kappa shape index (κ1) is 16.0. The summed E-state index contributed by atoms with van der Waals surface area (Å²) >= 11 is 5.38. The summed E-state index contributed by atoms with van der Waals surface area (Å²) in [6.45, 7) is -1.56. The van der Waals surface area contributed by atoms with Gasteiger partial charge in [-0.15, -0.1) is 0 Å². The Bertz CT molecular complexity index is 597. The maximum absolute atomic E-state index is 12.5. The van der Waals surface area contributed by atoms with Crippen molar-refractivity contribution in [2.45, 2.75) is 12.7 Å². The van der Waals surface area contributed by atoms with Crippen molar-refractivity contribution in [2.24, 2.45) is 5.73 Å². The number of primary amides is 1. The summed E-state index contributed by atoms with van der Waals surface area (Å²) in [5, 5.41) is -0.692. The highest BCUT2D eigenvalue weighted by Crippen LogP contribution is 2.29. The number of esters is 1. The van der Waals surface area contributed by atoms with Gasteiger partial charge in [0.25, 0.3) is 11.5 Å². The molecule has 0 spiro atoms. The Labute approximate surface area is 114 Å². The highest BCUT2D eigenvalue weighted by Gasteiger charge is 2.32. The predicted molar refractivity (Wildman–Crippen MR) is 60.9 cm³/mol. The van der Waals surface area contributed by atoms with E-state index < -0.39 is 47.3 Å². The van der Waals surface area contributed by atoms with Gasteiger partial charge in [-0.3, -0.25) is 14.4 Å². The molecule has 2 N–H and O–H groups in total. The molecule has 20 heavy (non-hydrogen) atoms. The van der Waals surface area contributed by atoms with Crippen LogP contribution in [0.5, 0.6) is 0 Å². The number of hydrogen-bond donors (Lipinski definition) is 1. The average molecular weight is 313 g/mol. The lowest BCUT2D eigenvalue weighted by molar-refractivity contribution is -0.148. The number of carbonyl (C=O) groups is 2. The monoisotopic (exact) mass is 312 g/mol. The molecule has 0 aliphatic rings. The number of alkyl halides is 3. The van der Waals surface area contributed by atoms with Crippen LogP contribution in [-0.2, 0) is 27.0 Å². The maximum Gasteiger partial charge on any atom is 0.417 e. The number of pyridine rings is 1. The molecule has 0 aliphatic heterocycles. The highest BCUT2D eigenvalue weighted by molar-refractivity contribution is 6.30. The van der Waals surface area contributed by atoms with Crippen LogP contribution in [0.3, 0.4) is 0 Å². The van der Waals surface area contributed by atoms with Gasteiger partial charge in [0, 0.05) is 6.20 Å². The van der Waals surface area contributed by atoms with Gasteiger partial charge < -0.3 is 15.0 Å². The second-order valence-corrected chi connectivity index (χ2v) is 4.04. The molecule has 0 aromatic carbocycles. The largest absolute Gasteiger partial charge is 0.454 e. The van der Waals surface area contributed by atoms with Gasteiger partial charge in [0.2, 0.25) is 0 Å². The SMILES string of the molecule is NC(=O)COC(=O)Cn1cc(C(F)(F)F)cc(Cl)c1=O. The van der Waals surface area contributed by atoms with E-state index in [1.165, 1.54) is 0 Å². The summed E-state index contributed by atoms with van der Waals surface area (Å²) in [7, 11) is 0. The Hall–Kier alpha value is -2.03. The van der Waals surface area contributed by atoms with E-state index in [0.717, 1.165) is 0 Å². The van der Waals surface area contributed by atoms with E-state index in [4.69, 9.17) is 17.3 Å². The normalized spacial score (nSPS) is 11.2. The van der Waals surface area contributed by atoms with E-state index in [2.05, 4.69) is 4.74 Å². The Kier molecular flexibility index (Phi) is 4.77. The number of amides is 1. The fraction of sp³-hybridized carbons (Fsp3) is 0.300. The minimum absolute atomic E-state index is 0.430. The van der Waals surface area contributed by atoms with Crippen molar-refractivity contribution in [2.75, 3.05) is 6.61 Å². The third-order valence-electron chi connectivity index (χ3n) is 2.04. The summed E-state index contributed by atoms with van der Waals surface area (Å²) in [6, 6.07) is 0.454. The molecule has 0 atom stereocenters. The minimum Gasteiger partial charge on any atom is -0.454 e. The van der Waals surface area contributed by atoms with Crippen molar-refractivity contribution in [3.05, 3.63) is 33.2 Å². The van der Waals surface area contributed by atoms with Crippen LogP contribution in [0, 0.1) is 0 Å². The second-order valence-electron chi connectivity index (χ2n) is 3.63. The van der Waals surface area contributed by atoms with Crippen LogP contribution in [0.15, 0.2) is 17.1 Å². The van der Waals surface area contributed by atoms with Crippen LogP contribution >= 0.6 is 11.6 Å². The molecule has 0 fully saturated rings. The summed E-state index contributed by atoms with van der Waals surface area (Å²) in [5.74, 6) is -2.03. The zero-order valence-electron chi connectivity index (χ0n) is 9.74. The first-order valence-electron chi connectivity index (χ1n) is 5.02. The first-order valence-corrected chi connectivity index (χ1v) is 5.40. The third kappa shape index (κ3) is 4.26. The molecule has 1 aromatic heterocycles. The lowest BCUT2D eigenvalue weighted by atomic mass is 10.2. The van der Waals surface area contributed by atoms with Gasteiger partial charge in [0.05, 0.1) is 5.56 Å². The van der Waals surface area contributed by atoms with Crippen LogP contribution in [-0.4, -0.2) is 23.1 Å². The van der Waals surface area contributed by atoms with Crippen LogP contribution in [0.2, 0.25) is 5.02 Å². The zero-order chi connectivity index (χ0) is 15.5. The third-order valence-corrected chi connectivity index (χ3v) is 2.32. The fourth-order valence-electron chi connectivity index (χ4n) is 1.21. The van der Waals surface area contributed by atoms with Crippen LogP contribution in [0.4, 0.5) is 13.2 Å². The molecule has 0 saturated carbocycles. The molecule has 1 rings (SSSR count). The maximum atomic E-state index is 12.5. The topological polar surface area (TPSA) is 91.4 Å². The molecule has 6 nitrogen and oxygen atoms in total. The number of hydrogen-bond acceptors (Lipinski definition) is 4. The number of carbonyl (C=O) groups excluding carboxylic acids is 2. The molecule has 1 aromatic rings. The summed E-state index contributed by atoms with van der Waals surface area (Å²) < 4.78 is 42.3. The summed E-state index contributed by atoms with van der Waals surface area (Å²) in [6.07, 6.45) is -4.30. The van der Waals surface area contributed by atoms with Crippen LogP contribution in [0.25, 0.3) is 0 Å². The van der Waals surface area contributed by atoms with Gasteiger partial charge in [-0.05, 0) is 6.07 Å². The highest BCUT2D eigenvalue weighted by atomic mass is 35.5. The smallest absolute Gasteiger partial charge is 0.417 e. The first-order chi connectivity index (χ1) is 9.11. The van der Waals surface area contributed by atoms with Crippen LogP contribution < -0.4 is 11.3 Å².